The first-order chi connectivity index (χ1) is 6.84. The van der Waals surface area contributed by atoms with Crippen LogP contribution < -0.4 is 5.32 Å². The van der Waals surface area contributed by atoms with E-state index in [0.29, 0.717) is 13.1 Å². The standard InChI is InChI=1S/C9H16N2O4/c1-6-7(12)10-3-4-11(6)5-9(2,15)8(13)14/h6,15H,3-5H2,1-2H3,(H,10,12)(H,13,14). The van der Waals surface area contributed by atoms with Gasteiger partial charge in [-0.25, -0.2) is 4.79 Å². The maximum absolute atomic E-state index is 11.3. The quantitative estimate of drug-likeness (QED) is 0.542. The molecule has 0 spiro atoms. The van der Waals surface area contributed by atoms with Crippen molar-refractivity contribution in [2.24, 2.45) is 0 Å². The summed E-state index contributed by atoms with van der Waals surface area (Å²) >= 11 is 0. The molecule has 1 fully saturated rings. The van der Waals surface area contributed by atoms with Gasteiger partial charge in [-0.2, -0.15) is 0 Å². The highest BCUT2D eigenvalue weighted by Crippen LogP contribution is 2.11. The van der Waals surface area contributed by atoms with Crippen molar-refractivity contribution in [1.29, 1.82) is 0 Å². The van der Waals surface area contributed by atoms with Gasteiger partial charge >= 0.3 is 5.97 Å². The molecule has 1 saturated heterocycles. The number of carbonyl (C=O) groups excluding carboxylic acids is 1. The number of nitrogens with zero attached hydrogens (tertiary/aromatic N) is 1. The number of carboxylic acids is 1. The first-order valence-electron chi connectivity index (χ1n) is 4.82. The molecule has 1 aliphatic heterocycles. The zero-order valence-electron chi connectivity index (χ0n) is 8.86. The Hall–Kier alpha value is -1.14. The number of rotatable bonds is 3. The highest BCUT2D eigenvalue weighted by atomic mass is 16.4. The summed E-state index contributed by atoms with van der Waals surface area (Å²) in [5.74, 6) is -1.41. The normalized spacial score (nSPS) is 26.9. The fourth-order valence-corrected chi connectivity index (χ4v) is 1.51. The van der Waals surface area contributed by atoms with Crippen LogP contribution in [0.25, 0.3) is 0 Å². The predicted molar refractivity (Wildman–Crippen MR) is 52.3 cm³/mol. The molecule has 0 aliphatic carbocycles. The van der Waals surface area contributed by atoms with Gasteiger partial charge in [-0.15, -0.1) is 0 Å². The van der Waals surface area contributed by atoms with E-state index in [-0.39, 0.29) is 12.5 Å². The van der Waals surface area contributed by atoms with Crippen LogP contribution in [0.3, 0.4) is 0 Å². The van der Waals surface area contributed by atoms with E-state index in [9.17, 15) is 14.7 Å². The van der Waals surface area contributed by atoms with Crippen molar-refractivity contribution < 1.29 is 19.8 Å². The number of hydrogen-bond donors (Lipinski definition) is 3. The van der Waals surface area contributed by atoms with Gasteiger partial charge in [0.15, 0.2) is 5.60 Å². The van der Waals surface area contributed by atoms with Gasteiger partial charge in [0, 0.05) is 19.6 Å². The minimum Gasteiger partial charge on any atom is -0.479 e. The van der Waals surface area contributed by atoms with Gasteiger partial charge in [0.25, 0.3) is 0 Å². The fourth-order valence-electron chi connectivity index (χ4n) is 1.51. The van der Waals surface area contributed by atoms with Crippen LogP contribution in [0.15, 0.2) is 0 Å². The third kappa shape index (κ3) is 2.66. The Kier molecular flexibility index (Phi) is 3.31. The van der Waals surface area contributed by atoms with Crippen LogP contribution in [-0.4, -0.2) is 58.3 Å². The molecule has 0 aromatic carbocycles. The minimum atomic E-state index is -1.81. The number of aliphatic carboxylic acids is 1. The van der Waals surface area contributed by atoms with Crippen molar-refractivity contribution in [3.8, 4) is 0 Å². The summed E-state index contributed by atoms with van der Waals surface area (Å²) in [5.41, 5.74) is -1.81. The third-order valence-corrected chi connectivity index (χ3v) is 2.60. The average molecular weight is 216 g/mol. The smallest absolute Gasteiger partial charge is 0.336 e. The maximum Gasteiger partial charge on any atom is 0.336 e. The molecule has 0 saturated carbocycles. The third-order valence-electron chi connectivity index (χ3n) is 2.60. The Morgan fingerprint density at radius 1 is 1.73 bits per heavy atom. The molecule has 2 unspecified atom stereocenters. The summed E-state index contributed by atoms with van der Waals surface area (Å²) in [6.45, 7) is 3.91. The number of nitrogens with one attached hydrogen (secondary N) is 1. The van der Waals surface area contributed by atoms with E-state index >= 15 is 0 Å². The van der Waals surface area contributed by atoms with Crippen molar-refractivity contribution in [3.63, 3.8) is 0 Å². The second-order valence-corrected chi connectivity index (χ2v) is 4.02. The van der Waals surface area contributed by atoms with E-state index in [2.05, 4.69) is 5.32 Å². The van der Waals surface area contributed by atoms with E-state index < -0.39 is 17.6 Å². The lowest BCUT2D eigenvalue weighted by molar-refractivity contribution is -0.160. The number of β-amino-alcohol motifs (C(OH)–C–C–N with tert-alkyl or cyclic N) is 1. The molecule has 6 heteroatoms. The summed E-state index contributed by atoms with van der Waals surface area (Å²) < 4.78 is 0. The van der Waals surface area contributed by atoms with Crippen LogP contribution in [0, 0.1) is 0 Å². The summed E-state index contributed by atoms with van der Waals surface area (Å²) in [6.07, 6.45) is 0. The number of aliphatic hydroxyl groups is 1. The lowest BCUT2D eigenvalue weighted by Gasteiger charge is -2.35. The Balaban J connectivity index is 2.65. The van der Waals surface area contributed by atoms with Gasteiger partial charge in [0.1, 0.15) is 0 Å². The van der Waals surface area contributed by atoms with Crippen molar-refractivity contribution in [2.75, 3.05) is 19.6 Å². The zero-order valence-corrected chi connectivity index (χ0v) is 8.86. The van der Waals surface area contributed by atoms with Gasteiger partial charge in [-0.3, -0.25) is 9.69 Å². The second-order valence-electron chi connectivity index (χ2n) is 4.02. The van der Waals surface area contributed by atoms with Crippen molar-refractivity contribution in [2.45, 2.75) is 25.5 Å². The molecule has 0 aromatic rings. The highest BCUT2D eigenvalue weighted by molar-refractivity contribution is 5.82. The zero-order chi connectivity index (χ0) is 11.6. The Bertz CT molecular complexity index is 277. The Labute approximate surface area is 87.9 Å². The van der Waals surface area contributed by atoms with Gasteiger partial charge in [0.05, 0.1) is 6.04 Å². The largest absolute Gasteiger partial charge is 0.479 e. The fraction of sp³-hybridized carbons (Fsp3) is 0.778. The van der Waals surface area contributed by atoms with Crippen LogP contribution in [0.4, 0.5) is 0 Å². The lowest BCUT2D eigenvalue weighted by atomic mass is 10.0. The summed E-state index contributed by atoms with van der Waals surface area (Å²) in [5, 5.41) is 21.0. The molecule has 15 heavy (non-hydrogen) atoms. The second kappa shape index (κ2) is 4.16. The van der Waals surface area contributed by atoms with Crippen LogP contribution >= 0.6 is 0 Å². The number of carboxylic acid groups (broad SMARTS) is 1. The topological polar surface area (TPSA) is 89.9 Å². The molecule has 1 amide bonds. The molecular formula is C9H16N2O4. The van der Waals surface area contributed by atoms with Crippen LogP contribution in [0.1, 0.15) is 13.8 Å². The minimum absolute atomic E-state index is 0.0447. The molecule has 1 rings (SSSR count). The molecule has 3 N–H and O–H groups in total. The summed E-state index contributed by atoms with van der Waals surface area (Å²) in [4.78, 5) is 23.6. The molecule has 1 aliphatic rings. The summed E-state index contributed by atoms with van der Waals surface area (Å²) in [7, 11) is 0. The van der Waals surface area contributed by atoms with Crippen molar-refractivity contribution >= 4 is 11.9 Å². The first kappa shape index (κ1) is 11.9. The molecule has 0 aromatic heterocycles. The van der Waals surface area contributed by atoms with Crippen LogP contribution in [0.5, 0.6) is 0 Å². The van der Waals surface area contributed by atoms with E-state index in [1.165, 1.54) is 6.92 Å². The van der Waals surface area contributed by atoms with Crippen molar-refractivity contribution in [1.82, 2.24) is 10.2 Å². The van der Waals surface area contributed by atoms with E-state index in [4.69, 9.17) is 5.11 Å². The van der Waals surface area contributed by atoms with Gasteiger partial charge in [-0.05, 0) is 13.8 Å². The van der Waals surface area contributed by atoms with E-state index in [0.717, 1.165) is 0 Å². The van der Waals surface area contributed by atoms with Crippen LogP contribution in [-0.2, 0) is 9.59 Å². The molecule has 86 valence electrons. The van der Waals surface area contributed by atoms with Gasteiger partial charge < -0.3 is 15.5 Å². The Morgan fingerprint density at radius 2 is 2.33 bits per heavy atom. The molecular weight excluding hydrogens is 200 g/mol. The lowest BCUT2D eigenvalue weighted by Crippen LogP contribution is -2.58. The number of amides is 1. The average Bonchev–Trinajstić information content (AvgIpc) is 2.12. The molecule has 6 nitrogen and oxygen atoms in total. The SMILES string of the molecule is CC1C(=O)NCCN1CC(C)(O)C(=O)O. The number of piperazine rings is 1. The maximum atomic E-state index is 11.3. The number of carbonyl (C=O) groups is 2. The molecule has 0 bridgehead atoms. The first-order valence-corrected chi connectivity index (χ1v) is 4.82. The number of hydrogen-bond acceptors (Lipinski definition) is 4. The molecule has 2 atom stereocenters. The van der Waals surface area contributed by atoms with Crippen molar-refractivity contribution in [3.05, 3.63) is 0 Å². The van der Waals surface area contributed by atoms with E-state index in [1.54, 1.807) is 11.8 Å². The van der Waals surface area contributed by atoms with Crippen LogP contribution in [0.2, 0.25) is 0 Å². The highest BCUT2D eigenvalue weighted by Gasteiger charge is 2.36. The monoisotopic (exact) mass is 216 g/mol. The molecule has 1 heterocycles. The Morgan fingerprint density at radius 3 is 2.87 bits per heavy atom. The van der Waals surface area contributed by atoms with E-state index in [1.807, 2.05) is 0 Å². The van der Waals surface area contributed by atoms with Gasteiger partial charge in [0.2, 0.25) is 5.91 Å². The summed E-state index contributed by atoms with van der Waals surface area (Å²) in [6, 6.07) is -0.399. The predicted octanol–water partition coefficient (Wildman–Crippen LogP) is -1.36. The van der Waals surface area contributed by atoms with Gasteiger partial charge in [-0.1, -0.05) is 0 Å². The molecule has 0 radical (unpaired) electrons.